The Balaban J connectivity index is 1.58. The van der Waals surface area contributed by atoms with E-state index in [1.807, 2.05) is 0 Å². The number of sulfonamides is 1. The second kappa shape index (κ2) is 6.03. The SMILES string of the molecule is O=C1CCCN1c1ccc(NS(=O)(=O)c2ccc3[nH]c(=O)[nH]c3c2)cc1. The highest BCUT2D eigenvalue weighted by Crippen LogP contribution is 2.24. The van der Waals surface area contributed by atoms with Crippen LogP contribution in [-0.4, -0.2) is 30.8 Å². The minimum absolute atomic E-state index is 0.0408. The third kappa shape index (κ3) is 2.97. The van der Waals surface area contributed by atoms with Crippen molar-refractivity contribution in [3.8, 4) is 0 Å². The highest BCUT2D eigenvalue weighted by Gasteiger charge is 2.22. The molecule has 3 N–H and O–H groups in total. The molecule has 2 aromatic carbocycles. The van der Waals surface area contributed by atoms with Crippen molar-refractivity contribution in [1.82, 2.24) is 9.97 Å². The van der Waals surface area contributed by atoms with Gasteiger partial charge in [0.25, 0.3) is 10.0 Å². The topological polar surface area (TPSA) is 115 Å². The van der Waals surface area contributed by atoms with E-state index in [0.717, 1.165) is 12.1 Å². The van der Waals surface area contributed by atoms with Gasteiger partial charge in [-0.2, -0.15) is 0 Å². The summed E-state index contributed by atoms with van der Waals surface area (Å²) in [4.78, 5) is 29.9. The van der Waals surface area contributed by atoms with Gasteiger partial charge in [0, 0.05) is 24.3 Å². The number of imidazole rings is 1. The molecule has 1 amide bonds. The van der Waals surface area contributed by atoms with E-state index in [9.17, 15) is 18.0 Å². The second-order valence-electron chi connectivity index (χ2n) is 6.09. The lowest BCUT2D eigenvalue weighted by Gasteiger charge is -2.16. The number of aromatic amines is 2. The molecule has 0 bridgehead atoms. The Morgan fingerprint density at radius 2 is 1.69 bits per heavy atom. The summed E-state index contributed by atoms with van der Waals surface area (Å²) in [5, 5.41) is 0. The van der Waals surface area contributed by atoms with Crippen molar-refractivity contribution in [2.45, 2.75) is 17.7 Å². The third-order valence-corrected chi connectivity index (χ3v) is 5.68. The van der Waals surface area contributed by atoms with E-state index in [1.165, 1.54) is 18.2 Å². The number of carbonyl (C=O) groups excluding carboxylic acids is 1. The monoisotopic (exact) mass is 372 g/mol. The van der Waals surface area contributed by atoms with Crippen LogP contribution < -0.4 is 15.3 Å². The first-order valence-corrected chi connectivity index (χ1v) is 9.56. The van der Waals surface area contributed by atoms with Crippen LogP contribution in [0, 0.1) is 0 Å². The van der Waals surface area contributed by atoms with Gasteiger partial charge in [0.2, 0.25) is 5.91 Å². The van der Waals surface area contributed by atoms with Crippen LogP contribution in [-0.2, 0) is 14.8 Å². The maximum absolute atomic E-state index is 12.6. The van der Waals surface area contributed by atoms with E-state index in [4.69, 9.17) is 0 Å². The number of H-pyrrole nitrogens is 2. The lowest BCUT2D eigenvalue weighted by Crippen LogP contribution is -2.23. The zero-order chi connectivity index (χ0) is 18.3. The Kier molecular flexibility index (Phi) is 3.80. The first kappa shape index (κ1) is 16.4. The molecule has 9 heteroatoms. The highest BCUT2D eigenvalue weighted by atomic mass is 32.2. The first-order chi connectivity index (χ1) is 12.4. The zero-order valence-electron chi connectivity index (χ0n) is 13.7. The number of aromatic nitrogens is 2. The lowest BCUT2D eigenvalue weighted by atomic mass is 10.2. The number of carbonyl (C=O) groups is 1. The Bertz CT molecular complexity index is 1150. The Morgan fingerprint density at radius 3 is 2.38 bits per heavy atom. The van der Waals surface area contributed by atoms with Gasteiger partial charge in [-0.05, 0) is 48.9 Å². The van der Waals surface area contributed by atoms with Crippen molar-refractivity contribution >= 4 is 38.3 Å². The number of nitrogens with one attached hydrogen (secondary N) is 3. The molecule has 0 atom stereocenters. The van der Waals surface area contributed by atoms with Crippen LogP contribution >= 0.6 is 0 Å². The molecule has 0 saturated carbocycles. The summed E-state index contributed by atoms with van der Waals surface area (Å²) in [6, 6.07) is 11.0. The van der Waals surface area contributed by atoms with E-state index in [-0.39, 0.29) is 10.8 Å². The van der Waals surface area contributed by atoms with Crippen LogP contribution in [0.2, 0.25) is 0 Å². The number of fused-ring (bicyclic) bond motifs is 1. The molecule has 1 saturated heterocycles. The van der Waals surface area contributed by atoms with Gasteiger partial charge in [0.15, 0.2) is 0 Å². The van der Waals surface area contributed by atoms with Crippen LogP contribution in [0.5, 0.6) is 0 Å². The van der Waals surface area contributed by atoms with Crippen LogP contribution in [0.4, 0.5) is 11.4 Å². The molecule has 1 aliphatic heterocycles. The number of rotatable bonds is 4. The molecule has 0 radical (unpaired) electrons. The fraction of sp³-hybridized carbons (Fsp3) is 0.176. The fourth-order valence-electron chi connectivity index (χ4n) is 3.02. The first-order valence-electron chi connectivity index (χ1n) is 8.08. The summed E-state index contributed by atoms with van der Waals surface area (Å²) in [5.41, 5.74) is 1.70. The molecule has 2 heterocycles. The van der Waals surface area contributed by atoms with E-state index in [0.29, 0.717) is 29.7 Å². The van der Waals surface area contributed by atoms with Crippen LogP contribution in [0.15, 0.2) is 52.2 Å². The molecule has 1 aliphatic rings. The van der Waals surface area contributed by atoms with E-state index < -0.39 is 15.7 Å². The molecular weight excluding hydrogens is 356 g/mol. The predicted molar refractivity (Wildman–Crippen MR) is 97.8 cm³/mol. The number of nitrogens with zero attached hydrogens (tertiary/aromatic N) is 1. The average molecular weight is 372 g/mol. The van der Waals surface area contributed by atoms with Crippen LogP contribution in [0.3, 0.4) is 0 Å². The summed E-state index contributed by atoms with van der Waals surface area (Å²) in [6.07, 6.45) is 1.37. The molecule has 26 heavy (non-hydrogen) atoms. The smallest absolute Gasteiger partial charge is 0.312 e. The maximum atomic E-state index is 12.6. The van der Waals surface area contributed by atoms with Crippen molar-refractivity contribution in [2.24, 2.45) is 0 Å². The van der Waals surface area contributed by atoms with Gasteiger partial charge < -0.3 is 14.9 Å². The van der Waals surface area contributed by atoms with Gasteiger partial charge in [-0.1, -0.05) is 0 Å². The number of amides is 1. The molecular formula is C17H16N4O4S. The van der Waals surface area contributed by atoms with E-state index in [2.05, 4.69) is 14.7 Å². The normalized spacial score (nSPS) is 14.9. The largest absolute Gasteiger partial charge is 0.323 e. The van der Waals surface area contributed by atoms with Crippen molar-refractivity contribution in [3.63, 3.8) is 0 Å². The summed E-state index contributed by atoms with van der Waals surface area (Å²) < 4.78 is 27.6. The van der Waals surface area contributed by atoms with E-state index in [1.54, 1.807) is 29.2 Å². The van der Waals surface area contributed by atoms with E-state index >= 15 is 0 Å². The van der Waals surface area contributed by atoms with Gasteiger partial charge in [-0.25, -0.2) is 13.2 Å². The summed E-state index contributed by atoms with van der Waals surface area (Å²) in [7, 11) is -3.80. The molecule has 0 spiro atoms. The minimum atomic E-state index is -3.80. The molecule has 4 rings (SSSR count). The number of benzene rings is 2. The number of hydrogen-bond donors (Lipinski definition) is 3. The lowest BCUT2D eigenvalue weighted by molar-refractivity contribution is -0.117. The zero-order valence-corrected chi connectivity index (χ0v) is 14.5. The maximum Gasteiger partial charge on any atom is 0.323 e. The Hall–Kier alpha value is -3.07. The Morgan fingerprint density at radius 1 is 0.962 bits per heavy atom. The minimum Gasteiger partial charge on any atom is -0.312 e. The quantitative estimate of drug-likeness (QED) is 0.647. The van der Waals surface area contributed by atoms with Crippen LogP contribution in [0.25, 0.3) is 11.0 Å². The van der Waals surface area contributed by atoms with Gasteiger partial charge in [0.05, 0.1) is 15.9 Å². The third-order valence-electron chi connectivity index (χ3n) is 4.30. The summed E-state index contributed by atoms with van der Waals surface area (Å²) >= 11 is 0. The molecule has 1 fully saturated rings. The molecule has 134 valence electrons. The van der Waals surface area contributed by atoms with Crippen molar-refractivity contribution in [1.29, 1.82) is 0 Å². The average Bonchev–Trinajstić information content (AvgIpc) is 3.19. The van der Waals surface area contributed by atoms with Crippen molar-refractivity contribution in [2.75, 3.05) is 16.2 Å². The standard InChI is InChI=1S/C17H16N4O4S/c22-16-2-1-9-21(16)12-5-3-11(4-6-12)20-26(24,25)13-7-8-14-15(10-13)19-17(23)18-14/h3-8,10,20H,1-2,9H2,(H2,18,19,23). The summed E-state index contributed by atoms with van der Waals surface area (Å²) in [5.74, 6) is 0.0760. The van der Waals surface area contributed by atoms with Gasteiger partial charge in [-0.3, -0.25) is 9.52 Å². The Labute approximate surface area is 148 Å². The second-order valence-corrected chi connectivity index (χ2v) is 7.77. The molecule has 3 aromatic rings. The van der Waals surface area contributed by atoms with Gasteiger partial charge in [0.1, 0.15) is 0 Å². The van der Waals surface area contributed by atoms with Gasteiger partial charge in [-0.15, -0.1) is 0 Å². The molecule has 0 unspecified atom stereocenters. The van der Waals surface area contributed by atoms with Crippen LogP contribution in [0.1, 0.15) is 12.8 Å². The number of anilines is 2. The molecule has 1 aromatic heterocycles. The molecule has 0 aliphatic carbocycles. The highest BCUT2D eigenvalue weighted by molar-refractivity contribution is 7.92. The molecule has 8 nitrogen and oxygen atoms in total. The fourth-order valence-corrected chi connectivity index (χ4v) is 4.11. The van der Waals surface area contributed by atoms with Crippen molar-refractivity contribution < 1.29 is 13.2 Å². The number of hydrogen-bond acceptors (Lipinski definition) is 4. The van der Waals surface area contributed by atoms with Gasteiger partial charge >= 0.3 is 5.69 Å². The predicted octanol–water partition coefficient (Wildman–Crippen LogP) is 1.78. The summed E-state index contributed by atoms with van der Waals surface area (Å²) in [6.45, 7) is 0.679. The van der Waals surface area contributed by atoms with Crippen molar-refractivity contribution in [3.05, 3.63) is 52.9 Å².